The van der Waals surface area contributed by atoms with E-state index in [1.165, 1.54) is 5.56 Å². The maximum absolute atomic E-state index is 13.5. The van der Waals surface area contributed by atoms with E-state index < -0.39 is 5.41 Å². The van der Waals surface area contributed by atoms with Crippen LogP contribution in [0.1, 0.15) is 29.5 Å². The first-order chi connectivity index (χ1) is 14.1. The number of hydrogen-bond donors (Lipinski definition) is 0. The minimum atomic E-state index is -0.451. The molecule has 0 spiro atoms. The second-order valence-corrected chi connectivity index (χ2v) is 7.60. The van der Waals surface area contributed by atoms with Crippen LogP contribution in [0.25, 0.3) is 0 Å². The van der Waals surface area contributed by atoms with E-state index in [4.69, 9.17) is 18.9 Å². The normalized spacial score (nSPS) is 16.6. The molecule has 0 aromatic heterocycles. The Kier molecular flexibility index (Phi) is 5.03. The van der Waals surface area contributed by atoms with Crippen molar-refractivity contribution in [3.8, 4) is 23.0 Å². The van der Waals surface area contributed by atoms with Gasteiger partial charge in [-0.3, -0.25) is 4.79 Å². The van der Waals surface area contributed by atoms with Crippen LogP contribution in [0.2, 0.25) is 0 Å². The molecule has 0 radical (unpaired) electrons. The van der Waals surface area contributed by atoms with Crippen molar-refractivity contribution in [2.45, 2.75) is 31.2 Å². The third kappa shape index (κ3) is 3.26. The Morgan fingerprint density at radius 1 is 0.828 bits per heavy atom. The summed E-state index contributed by atoms with van der Waals surface area (Å²) in [5.41, 5.74) is 2.87. The number of rotatable bonds is 6. The van der Waals surface area contributed by atoms with Crippen LogP contribution in [0.15, 0.2) is 30.3 Å². The highest BCUT2D eigenvalue weighted by Gasteiger charge is 2.53. The van der Waals surface area contributed by atoms with Gasteiger partial charge in [-0.25, -0.2) is 0 Å². The summed E-state index contributed by atoms with van der Waals surface area (Å²) < 4.78 is 21.6. The van der Waals surface area contributed by atoms with Crippen LogP contribution in [-0.4, -0.2) is 45.8 Å². The first-order valence-electron chi connectivity index (χ1n) is 9.82. The lowest BCUT2D eigenvalue weighted by molar-refractivity contribution is -0.134. The topological polar surface area (TPSA) is 57.2 Å². The predicted molar refractivity (Wildman–Crippen MR) is 109 cm³/mol. The summed E-state index contributed by atoms with van der Waals surface area (Å²) in [7, 11) is 6.51. The van der Waals surface area contributed by atoms with Gasteiger partial charge in [-0.05, 0) is 60.2 Å². The van der Waals surface area contributed by atoms with Crippen molar-refractivity contribution in [2.24, 2.45) is 0 Å². The predicted octanol–water partition coefficient (Wildman–Crippen LogP) is 3.34. The summed E-state index contributed by atoms with van der Waals surface area (Å²) in [6.07, 6.45) is 2.52. The average Bonchev–Trinajstić information content (AvgIpc) is 3.58. The Hall–Kier alpha value is -2.89. The van der Waals surface area contributed by atoms with Gasteiger partial charge in [-0.15, -0.1) is 0 Å². The molecule has 2 aromatic rings. The number of ether oxygens (including phenoxy) is 4. The molecule has 1 amide bonds. The first kappa shape index (κ1) is 19.4. The Morgan fingerprint density at radius 2 is 1.41 bits per heavy atom. The minimum Gasteiger partial charge on any atom is -0.493 e. The Morgan fingerprint density at radius 3 is 2.00 bits per heavy atom. The largest absolute Gasteiger partial charge is 0.493 e. The summed E-state index contributed by atoms with van der Waals surface area (Å²) in [6, 6.07) is 9.82. The fraction of sp³-hybridized carbons (Fsp3) is 0.435. The molecule has 1 fully saturated rings. The molecule has 1 saturated carbocycles. The van der Waals surface area contributed by atoms with Crippen molar-refractivity contribution in [1.29, 1.82) is 0 Å². The highest BCUT2D eigenvalue weighted by molar-refractivity contribution is 5.91. The van der Waals surface area contributed by atoms with E-state index in [1.54, 1.807) is 28.4 Å². The van der Waals surface area contributed by atoms with Crippen LogP contribution in [0.4, 0.5) is 0 Å². The summed E-state index contributed by atoms with van der Waals surface area (Å²) in [5.74, 6) is 2.94. The molecular formula is C23H27NO5. The molecule has 6 heteroatoms. The van der Waals surface area contributed by atoms with E-state index in [0.717, 1.165) is 36.1 Å². The van der Waals surface area contributed by atoms with Gasteiger partial charge in [0.05, 0.1) is 33.9 Å². The van der Waals surface area contributed by atoms with Crippen molar-refractivity contribution in [1.82, 2.24) is 4.90 Å². The van der Waals surface area contributed by atoms with E-state index in [2.05, 4.69) is 0 Å². The zero-order chi connectivity index (χ0) is 20.6. The number of carbonyl (C=O) groups is 1. The maximum Gasteiger partial charge on any atom is 0.233 e. The smallest absolute Gasteiger partial charge is 0.233 e. The number of nitrogens with zero attached hydrogens (tertiary/aromatic N) is 1. The van der Waals surface area contributed by atoms with Crippen molar-refractivity contribution in [3.05, 3.63) is 47.0 Å². The molecule has 154 valence electrons. The molecule has 1 aliphatic carbocycles. The standard InChI is InChI=1S/C23H27NO5/c1-26-18-6-5-17(13-21(18)29-4)23(8-9-23)22(25)24-10-7-15-11-19(27-2)20(28-3)12-16(15)14-24/h5-6,11-13H,7-10,14H2,1-4H3. The summed E-state index contributed by atoms with van der Waals surface area (Å²) >= 11 is 0. The van der Waals surface area contributed by atoms with E-state index in [-0.39, 0.29) is 5.91 Å². The van der Waals surface area contributed by atoms with Gasteiger partial charge in [0.2, 0.25) is 5.91 Å². The SMILES string of the molecule is COc1ccc(C2(C(=O)N3CCc4cc(OC)c(OC)cc4C3)CC2)cc1OC. The molecule has 2 aromatic carbocycles. The maximum atomic E-state index is 13.5. The number of fused-ring (bicyclic) bond motifs is 1. The Balaban J connectivity index is 1.59. The number of amides is 1. The van der Waals surface area contributed by atoms with Crippen LogP contribution in [0.5, 0.6) is 23.0 Å². The number of methoxy groups -OCH3 is 4. The van der Waals surface area contributed by atoms with Gasteiger partial charge in [0.15, 0.2) is 23.0 Å². The highest BCUT2D eigenvalue weighted by Crippen LogP contribution is 2.51. The molecule has 6 nitrogen and oxygen atoms in total. The second-order valence-electron chi connectivity index (χ2n) is 7.60. The van der Waals surface area contributed by atoms with Crippen LogP contribution < -0.4 is 18.9 Å². The molecule has 2 aliphatic rings. The summed E-state index contributed by atoms with van der Waals surface area (Å²) in [4.78, 5) is 15.5. The van der Waals surface area contributed by atoms with Gasteiger partial charge >= 0.3 is 0 Å². The third-order valence-electron chi connectivity index (χ3n) is 6.10. The van der Waals surface area contributed by atoms with Crippen LogP contribution >= 0.6 is 0 Å². The molecule has 4 rings (SSSR count). The number of benzene rings is 2. The number of hydrogen-bond acceptors (Lipinski definition) is 5. The Labute approximate surface area is 171 Å². The summed E-state index contributed by atoms with van der Waals surface area (Å²) in [6.45, 7) is 1.29. The molecule has 0 unspecified atom stereocenters. The van der Waals surface area contributed by atoms with E-state index in [9.17, 15) is 4.79 Å². The second kappa shape index (κ2) is 7.50. The molecule has 0 saturated heterocycles. The molecular weight excluding hydrogens is 370 g/mol. The van der Waals surface area contributed by atoms with E-state index >= 15 is 0 Å². The monoisotopic (exact) mass is 397 g/mol. The van der Waals surface area contributed by atoms with Crippen LogP contribution in [0.3, 0.4) is 0 Å². The summed E-state index contributed by atoms with van der Waals surface area (Å²) in [5, 5.41) is 0. The highest BCUT2D eigenvalue weighted by atomic mass is 16.5. The third-order valence-corrected chi connectivity index (χ3v) is 6.10. The van der Waals surface area contributed by atoms with Gasteiger partial charge in [0, 0.05) is 13.1 Å². The molecule has 0 N–H and O–H groups in total. The fourth-order valence-corrected chi connectivity index (χ4v) is 4.24. The van der Waals surface area contributed by atoms with Crippen molar-refractivity contribution in [2.75, 3.05) is 35.0 Å². The average molecular weight is 397 g/mol. The van der Waals surface area contributed by atoms with Gasteiger partial charge in [0.1, 0.15) is 0 Å². The first-order valence-corrected chi connectivity index (χ1v) is 9.82. The lowest BCUT2D eigenvalue weighted by Crippen LogP contribution is -2.42. The molecule has 0 atom stereocenters. The van der Waals surface area contributed by atoms with Crippen molar-refractivity contribution < 1.29 is 23.7 Å². The van der Waals surface area contributed by atoms with E-state index in [1.807, 2.05) is 35.2 Å². The molecule has 1 aliphatic heterocycles. The molecule has 1 heterocycles. The zero-order valence-electron chi connectivity index (χ0n) is 17.4. The lowest BCUT2D eigenvalue weighted by atomic mass is 9.91. The van der Waals surface area contributed by atoms with Gasteiger partial charge in [-0.2, -0.15) is 0 Å². The van der Waals surface area contributed by atoms with Crippen molar-refractivity contribution >= 4 is 5.91 Å². The zero-order valence-corrected chi connectivity index (χ0v) is 17.4. The lowest BCUT2D eigenvalue weighted by Gasteiger charge is -2.33. The quantitative estimate of drug-likeness (QED) is 0.748. The minimum absolute atomic E-state index is 0.185. The number of carbonyl (C=O) groups excluding carboxylic acids is 1. The van der Waals surface area contributed by atoms with Gasteiger partial charge in [-0.1, -0.05) is 6.07 Å². The van der Waals surface area contributed by atoms with Crippen molar-refractivity contribution in [3.63, 3.8) is 0 Å². The fourth-order valence-electron chi connectivity index (χ4n) is 4.24. The van der Waals surface area contributed by atoms with Gasteiger partial charge < -0.3 is 23.8 Å². The van der Waals surface area contributed by atoms with Gasteiger partial charge in [0.25, 0.3) is 0 Å². The Bertz CT molecular complexity index is 935. The van der Waals surface area contributed by atoms with E-state index in [0.29, 0.717) is 30.3 Å². The van der Waals surface area contributed by atoms with Crippen LogP contribution in [0, 0.1) is 0 Å². The molecule has 0 bridgehead atoms. The van der Waals surface area contributed by atoms with Crippen LogP contribution in [-0.2, 0) is 23.2 Å². The molecule has 29 heavy (non-hydrogen) atoms.